The molecule has 0 radical (unpaired) electrons. The smallest absolute Gasteiger partial charge is 0.230 e. The van der Waals surface area contributed by atoms with Gasteiger partial charge in [0.2, 0.25) is 11.7 Å². The van der Waals surface area contributed by atoms with Gasteiger partial charge in [-0.25, -0.2) is 0 Å². The van der Waals surface area contributed by atoms with Crippen molar-refractivity contribution in [2.24, 2.45) is 5.92 Å². The molecule has 3 rings (SSSR count). The molecule has 2 unspecified atom stereocenters. The molecule has 5 heteroatoms. The van der Waals surface area contributed by atoms with Crippen molar-refractivity contribution in [2.75, 3.05) is 27.9 Å². The number of piperidine rings is 1. The van der Waals surface area contributed by atoms with Crippen LogP contribution in [0.2, 0.25) is 0 Å². The third kappa shape index (κ3) is 4.23. The number of benzene rings is 1. The highest BCUT2D eigenvalue weighted by atomic mass is 16.5. The van der Waals surface area contributed by atoms with Gasteiger partial charge in [0.1, 0.15) is 0 Å². The average molecular weight is 390 g/mol. The summed E-state index contributed by atoms with van der Waals surface area (Å²) in [5.74, 6) is 2.32. The molecule has 1 saturated carbocycles. The summed E-state index contributed by atoms with van der Waals surface area (Å²) in [4.78, 5) is 15.9. The lowest BCUT2D eigenvalue weighted by Crippen LogP contribution is -2.46. The molecule has 0 bridgehead atoms. The number of hydrogen-bond acceptors (Lipinski definition) is 4. The monoisotopic (exact) mass is 389 g/mol. The maximum absolute atomic E-state index is 13.8. The van der Waals surface area contributed by atoms with E-state index in [9.17, 15) is 4.79 Å². The van der Waals surface area contributed by atoms with Crippen LogP contribution in [0, 0.1) is 5.92 Å². The molecule has 156 valence electrons. The van der Waals surface area contributed by atoms with E-state index in [4.69, 9.17) is 14.2 Å². The van der Waals surface area contributed by atoms with Gasteiger partial charge in [-0.2, -0.15) is 0 Å². The molecule has 1 aliphatic carbocycles. The number of rotatable bonds is 6. The largest absolute Gasteiger partial charge is 0.493 e. The van der Waals surface area contributed by atoms with Crippen LogP contribution in [0.15, 0.2) is 12.1 Å². The summed E-state index contributed by atoms with van der Waals surface area (Å²) in [5, 5.41) is 0. The average Bonchev–Trinajstić information content (AvgIpc) is 2.74. The number of carbonyl (C=O) groups excluding carboxylic acids is 1. The molecular weight excluding hydrogens is 354 g/mol. The van der Waals surface area contributed by atoms with Gasteiger partial charge in [0.25, 0.3) is 0 Å². The van der Waals surface area contributed by atoms with Gasteiger partial charge in [-0.1, -0.05) is 19.3 Å². The van der Waals surface area contributed by atoms with Crippen molar-refractivity contribution in [3.05, 3.63) is 17.7 Å². The molecule has 1 aliphatic heterocycles. The molecule has 1 saturated heterocycles. The molecule has 1 aromatic rings. The second-order valence-electron chi connectivity index (χ2n) is 8.21. The lowest BCUT2D eigenvalue weighted by Gasteiger charge is -2.39. The fourth-order valence-corrected chi connectivity index (χ4v) is 4.97. The van der Waals surface area contributed by atoms with E-state index in [-0.39, 0.29) is 11.8 Å². The first-order chi connectivity index (χ1) is 13.6. The lowest BCUT2D eigenvalue weighted by atomic mass is 9.75. The van der Waals surface area contributed by atoms with Gasteiger partial charge < -0.3 is 19.1 Å². The number of carbonyl (C=O) groups is 1. The molecule has 1 heterocycles. The third-order valence-corrected chi connectivity index (χ3v) is 6.52. The fourth-order valence-electron chi connectivity index (χ4n) is 4.97. The molecule has 2 fully saturated rings. The van der Waals surface area contributed by atoms with Crippen molar-refractivity contribution >= 4 is 5.91 Å². The van der Waals surface area contributed by atoms with E-state index in [1.54, 1.807) is 21.3 Å². The molecule has 1 aromatic carbocycles. The predicted molar refractivity (Wildman–Crippen MR) is 110 cm³/mol. The van der Waals surface area contributed by atoms with Crippen LogP contribution in [-0.4, -0.2) is 44.7 Å². The Hall–Kier alpha value is -1.91. The second-order valence-corrected chi connectivity index (χ2v) is 8.21. The standard InChI is InChI=1S/C23H35NO4/c1-16-10-8-9-13-24(16)23(25)21(17-11-6-5-7-12-17)18-14-19(26-2)22(28-4)20(15-18)27-3/h14-17,21H,5-13H2,1-4H3. The molecule has 0 spiro atoms. The number of likely N-dealkylation sites (tertiary alicyclic amines) is 1. The summed E-state index contributed by atoms with van der Waals surface area (Å²) in [5.41, 5.74) is 0.990. The van der Waals surface area contributed by atoms with Crippen LogP contribution in [-0.2, 0) is 4.79 Å². The minimum absolute atomic E-state index is 0.144. The normalized spacial score (nSPS) is 21.9. The Labute approximate surface area is 169 Å². The Morgan fingerprint density at radius 2 is 1.54 bits per heavy atom. The van der Waals surface area contributed by atoms with E-state index in [0.29, 0.717) is 29.2 Å². The van der Waals surface area contributed by atoms with Gasteiger partial charge in [0.15, 0.2) is 11.5 Å². The highest BCUT2D eigenvalue weighted by Crippen LogP contribution is 2.44. The van der Waals surface area contributed by atoms with Gasteiger partial charge >= 0.3 is 0 Å². The summed E-state index contributed by atoms with van der Waals surface area (Å²) >= 11 is 0. The van der Waals surface area contributed by atoms with Crippen molar-refractivity contribution < 1.29 is 19.0 Å². The highest BCUT2D eigenvalue weighted by Gasteiger charge is 2.37. The maximum Gasteiger partial charge on any atom is 0.230 e. The molecule has 2 aliphatic rings. The molecule has 5 nitrogen and oxygen atoms in total. The van der Waals surface area contributed by atoms with Gasteiger partial charge in [0.05, 0.1) is 27.2 Å². The first-order valence-corrected chi connectivity index (χ1v) is 10.7. The molecule has 0 aromatic heterocycles. The van der Waals surface area contributed by atoms with Gasteiger partial charge in [-0.15, -0.1) is 0 Å². The van der Waals surface area contributed by atoms with E-state index < -0.39 is 0 Å². The zero-order valence-electron chi connectivity index (χ0n) is 17.8. The lowest BCUT2D eigenvalue weighted by molar-refractivity contribution is -0.137. The van der Waals surface area contributed by atoms with Crippen molar-refractivity contribution in [1.82, 2.24) is 4.90 Å². The molecule has 1 amide bonds. The first-order valence-electron chi connectivity index (χ1n) is 10.7. The van der Waals surface area contributed by atoms with Gasteiger partial charge in [-0.3, -0.25) is 4.79 Å². The van der Waals surface area contributed by atoms with Crippen LogP contribution >= 0.6 is 0 Å². The minimum atomic E-state index is -0.144. The van der Waals surface area contributed by atoms with Gasteiger partial charge in [-0.05, 0) is 62.6 Å². The van der Waals surface area contributed by atoms with E-state index in [0.717, 1.165) is 37.8 Å². The third-order valence-electron chi connectivity index (χ3n) is 6.52. The summed E-state index contributed by atoms with van der Waals surface area (Å²) in [6.45, 7) is 3.05. The Bertz CT molecular complexity index is 644. The zero-order chi connectivity index (χ0) is 20.1. The van der Waals surface area contributed by atoms with Crippen LogP contribution < -0.4 is 14.2 Å². The van der Waals surface area contributed by atoms with Crippen LogP contribution in [0.4, 0.5) is 0 Å². The number of methoxy groups -OCH3 is 3. The summed E-state index contributed by atoms with van der Waals surface area (Å²) in [6.07, 6.45) is 9.30. The summed E-state index contributed by atoms with van der Waals surface area (Å²) in [6, 6.07) is 4.27. The maximum atomic E-state index is 13.8. The molecule has 2 atom stereocenters. The van der Waals surface area contributed by atoms with Crippen molar-refractivity contribution in [3.8, 4) is 17.2 Å². The van der Waals surface area contributed by atoms with Crippen molar-refractivity contribution in [1.29, 1.82) is 0 Å². The van der Waals surface area contributed by atoms with E-state index in [1.165, 1.54) is 25.7 Å². The fraction of sp³-hybridized carbons (Fsp3) is 0.696. The van der Waals surface area contributed by atoms with E-state index in [1.807, 2.05) is 12.1 Å². The number of amides is 1. The zero-order valence-corrected chi connectivity index (χ0v) is 17.8. The number of nitrogens with zero attached hydrogens (tertiary/aromatic N) is 1. The van der Waals surface area contributed by atoms with Crippen LogP contribution in [0.5, 0.6) is 17.2 Å². The predicted octanol–water partition coefficient (Wildman–Crippen LogP) is 4.78. The Balaban J connectivity index is 2.02. The summed E-state index contributed by atoms with van der Waals surface area (Å²) < 4.78 is 16.6. The van der Waals surface area contributed by atoms with Gasteiger partial charge in [0, 0.05) is 12.6 Å². The van der Waals surface area contributed by atoms with E-state index >= 15 is 0 Å². The van der Waals surface area contributed by atoms with E-state index in [2.05, 4.69) is 11.8 Å². The van der Waals surface area contributed by atoms with Crippen molar-refractivity contribution in [3.63, 3.8) is 0 Å². The Morgan fingerprint density at radius 1 is 0.929 bits per heavy atom. The van der Waals surface area contributed by atoms with Crippen LogP contribution in [0.3, 0.4) is 0 Å². The molecular formula is C23H35NO4. The van der Waals surface area contributed by atoms with Crippen LogP contribution in [0.1, 0.15) is 69.8 Å². The SMILES string of the molecule is COc1cc(C(C(=O)N2CCCCC2C)C2CCCCC2)cc(OC)c1OC. The number of ether oxygens (including phenoxy) is 3. The second kappa shape index (κ2) is 9.53. The molecule has 28 heavy (non-hydrogen) atoms. The Morgan fingerprint density at radius 3 is 2.07 bits per heavy atom. The van der Waals surface area contributed by atoms with Crippen LogP contribution in [0.25, 0.3) is 0 Å². The topological polar surface area (TPSA) is 48.0 Å². The number of hydrogen-bond donors (Lipinski definition) is 0. The summed E-state index contributed by atoms with van der Waals surface area (Å²) in [7, 11) is 4.87. The minimum Gasteiger partial charge on any atom is -0.493 e. The molecule has 0 N–H and O–H groups in total. The Kier molecular flexibility index (Phi) is 7.08. The first kappa shape index (κ1) is 20.8. The quantitative estimate of drug-likeness (QED) is 0.703. The van der Waals surface area contributed by atoms with Crippen molar-refractivity contribution in [2.45, 2.75) is 70.3 Å². The highest BCUT2D eigenvalue weighted by molar-refractivity contribution is 5.85.